The molecule has 0 saturated carbocycles. The van der Waals surface area contributed by atoms with Gasteiger partial charge in [-0.25, -0.2) is 9.18 Å². The zero-order valence-corrected chi connectivity index (χ0v) is 9.09. The van der Waals surface area contributed by atoms with Gasteiger partial charge in [0.1, 0.15) is 5.82 Å². The molecule has 0 radical (unpaired) electrons. The molecule has 1 rings (SSSR count). The number of rotatable bonds is 4. The molecular formula is C11H15FN2O2. The Labute approximate surface area is 93.5 Å². The van der Waals surface area contributed by atoms with Gasteiger partial charge in [0.25, 0.3) is 0 Å². The van der Waals surface area contributed by atoms with Crippen LogP contribution in [0.4, 0.5) is 14.9 Å². The van der Waals surface area contributed by atoms with Gasteiger partial charge in [-0.2, -0.15) is 0 Å². The minimum absolute atomic E-state index is 0.0131. The molecule has 2 amide bonds. The molecule has 0 spiro atoms. The highest BCUT2D eigenvalue weighted by Gasteiger charge is 2.05. The van der Waals surface area contributed by atoms with Crippen molar-refractivity contribution in [2.75, 3.05) is 18.5 Å². The lowest BCUT2D eigenvalue weighted by Gasteiger charge is -2.08. The zero-order valence-electron chi connectivity index (χ0n) is 9.09. The van der Waals surface area contributed by atoms with Crippen molar-refractivity contribution in [2.45, 2.75) is 13.3 Å². The third-order valence-electron chi connectivity index (χ3n) is 1.99. The highest BCUT2D eigenvalue weighted by atomic mass is 19.1. The topological polar surface area (TPSA) is 61.4 Å². The van der Waals surface area contributed by atoms with E-state index >= 15 is 0 Å². The number of aliphatic hydroxyl groups excluding tert-OH is 1. The Morgan fingerprint density at radius 2 is 2.25 bits per heavy atom. The van der Waals surface area contributed by atoms with E-state index in [-0.39, 0.29) is 12.3 Å². The van der Waals surface area contributed by atoms with Gasteiger partial charge < -0.3 is 15.7 Å². The van der Waals surface area contributed by atoms with Crippen LogP contribution < -0.4 is 10.6 Å². The Morgan fingerprint density at radius 1 is 1.50 bits per heavy atom. The summed E-state index contributed by atoms with van der Waals surface area (Å²) in [6, 6.07) is 4.10. The Kier molecular flexibility index (Phi) is 4.72. The second-order valence-electron chi connectivity index (χ2n) is 3.44. The number of halogens is 1. The molecule has 3 N–H and O–H groups in total. The first-order valence-electron chi connectivity index (χ1n) is 5.05. The van der Waals surface area contributed by atoms with Crippen LogP contribution in [0.5, 0.6) is 0 Å². The number of anilines is 1. The first-order valence-corrected chi connectivity index (χ1v) is 5.05. The molecule has 0 aliphatic heterocycles. The lowest BCUT2D eigenvalue weighted by atomic mass is 10.2. The Balaban J connectivity index is 2.49. The van der Waals surface area contributed by atoms with E-state index in [0.29, 0.717) is 13.0 Å². The van der Waals surface area contributed by atoms with Crippen LogP contribution in [0.2, 0.25) is 0 Å². The Hall–Kier alpha value is -1.62. The van der Waals surface area contributed by atoms with Crippen LogP contribution in [0.1, 0.15) is 12.0 Å². The van der Waals surface area contributed by atoms with Crippen LogP contribution in [0.25, 0.3) is 0 Å². The maximum absolute atomic E-state index is 13.3. The number of benzene rings is 1. The molecule has 0 aliphatic carbocycles. The number of aryl methyl sites for hydroxylation is 1. The van der Waals surface area contributed by atoms with Crippen LogP contribution in [0.15, 0.2) is 18.2 Å². The lowest BCUT2D eigenvalue weighted by Crippen LogP contribution is -2.30. The summed E-state index contributed by atoms with van der Waals surface area (Å²) >= 11 is 0. The number of nitrogens with one attached hydrogen (secondary N) is 2. The minimum Gasteiger partial charge on any atom is -0.396 e. The van der Waals surface area contributed by atoms with Crippen LogP contribution in [0, 0.1) is 12.7 Å². The van der Waals surface area contributed by atoms with Crippen LogP contribution in [-0.2, 0) is 0 Å². The predicted molar refractivity (Wildman–Crippen MR) is 59.9 cm³/mol. The first kappa shape index (κ1) is 12.4. The molecule has 0 unspecified atom stereocenters. The van der Waals surface area contributed by atoms with Gasteiger partial charge in [-0.15, -0.1) is 0 Å². The van der Waals surface area contributed by atoms with E-state index in [1.165, 1.54) is 12.1 Å². The SMILES string of the molecule is Cc1ccc(NC(=O)NCCCO)c(F)c1. The second-order valence-corrected chi connectivity index (χ2v) is 3.44. The van der Waals surface area contributed by atoms with Gasteiger partial charge in [0.05, 0.1) is 5.69 Å². The van der Waals surface area contributed by atoms with E-state index in [4.69, 9.17) is 5.11 Å². The molecule has 4 nitrogen and oxygen atoms in total. The third-order valence-corrected chi connectivity index (χ3v) is 1.99. The van der Waals surface area contributed by atoms with Gasteiger partial charge in [0.15, 0.2) is 0 Å². The van der Waals surface area contributed by atoms with Crippen molar-refractivity contribution in [3.05, 3.63) is 29.6 Å². The number of carbonyl (C=O) groups excluding carboxylic acids is 1. The van der Waals surface area contributed by atoms with Gasteiger partial charge in [0.2, 0.25) is 0 Å². The molecule has 0 fully saturated rings. The van der Waals surface area contributed by atoms with Crippen LogP contribution >= 0.6 is 0 Å². The summed E-state index contributed by atoms with van der Waals surface area (Å²) in [5, 5.41) is 13.4. The van der Waals surface area contributed by atoms with Crippen molar-refractivity contribution in [1.82, 2.24) is 5.32 Å². The molecule has 5 heteroatoms. The fraction of sp³-hybridized carbons (Fsp3) is 0.364. The summed E-state index contributed by atoms with van der Waals surface area (Å²) < 4.78 is 13.3. The van der Waals surface area contributed by atoms with Gasteiger partial charge in [0, 0.05) is 13.2 Å². The summed E-state index contributed by atoms with van der Waals surface area (Å²) in [5.41, 5.74) is 0.941. The van der Waals surface area contributed by atoms with Crippen molar-refractivity contribution >= 4 is 11.7 Å². The van der Waals surface area contributed by atoms with Crippen LogP contribution in [-0.4, -0.2) is 24.3 Å². The molecular weight excluding hydrogens is 211 g/mol. The second kappa shape index (κ2) is 6.07. The van der Waals surface area contributed by atoms with Crippen molar-refractivity contribution in [3.8, 4) is 0 Å². The van der Waals surface area contributed by atoms with E-state index < -0.39 is 11.8 Å². The maximum atomic E-state index is 13.3. The van der Waals surface area contributed by atoms with Gasteiger partial charge in [-0.1, -0.05) is 6.07 Å². The Morgan fingerprint density at radius 3 is 2.88 bits per heavy atom. The highest BCUT2D eigenvalue weighted by Crippen LogP contribution is 2.14. The molecule has 0 aliphatic rings. The third kappa shape index (κ3) is 3.86. The van der Waals surface area contributed by atoms with Crippen LogP contribution in [0.3, 0.4) is 0 Å². The summed E-state index contributed by atoms with van der Waals surface area (Å²) in [5.74, 6) is -0.461. The monoisotopic (exact) mass is 226 g/mol. The first-order chi connectivity index (χ1) is 7.63. The van der Waals surface area contributed by atoms with Crippen molar-refractivity contribution in [2.24, 2.45) is 0 Å². The average Bonchev–Trinajstić information content (AvgIpc) is 2.23. The smallest absolute Gasteiger partial charge is 0.319 e. The summed E-state index contributed by atoms with van der Waals surface area (Å²) in [6.07, 6.45) is 0.476. The van der Waals surface area contributed by atoms with E-state index in [1.807, 2.05) is 0 Å². The van der Waals surface area contributed by atoms with Crippen molar-refractivity contribution < 1.29 is 14.3 Å². The lowest BCUT2D eigenvalue weighted by molar-refractivity contribution is 0.248. The quantitative estimate of drug-likeness (QED) is 0.683. The standard InChI is InChI=1S/C11H15FN2O2/c1-8-3-4-10(9(12)7-8)14-11(16)13-5-2-6-15/h3-4,7,15H,2,5-6H2,1H3,(H2,13,14,16). The van der Waals surface area contributed by atoms with Gasteiger partial charge in [-0.05, 0) is 31.0 Å². The predicted octanol–water partition coefficient (Wildman–Crippen LogP) is 1.64. The normalized spacial score (nSPS) is 9.94. The number of carbonyl (C=O) groups is 1. The van der Waals surface area contributed by atoms with E-state index in [0.717, 1.165) is 5.56 Å². The zero-order chi connectivity index (χ0) is 12.0. The van der Waals surface area contributed by atoms with Crippen molar-refractivity contribution in [1.29, 1.82) is 0 Å². The molecule has 1 aromatic carbocycles. The summed E-state index contributed by atoms with van der Waals surface area (Å²) in [4.78, 5) is 11.3. The average molecular weight is 226 g/mol. The molecule has 0 saturated heterocycles. The van der Waals surface area contributed by atoms with E-state index in [9.17, 15) is 9.18 Å². The maximum Gasteiger partial charge on any atom is 0.319 e. The Bertz CT molecular complexity index is 369. The molecule has 0 aromatic heterocycles. The number of urea groups is 1. The van der Waals surface area contributed by atoms with E-state index in [2.05, 4.69) is 10.6 Å². The largest absolute Gasteiger partial charge is 0.396 e. The number of amides is 2. The highest BCUT2D eigenvalue weighted by molar-refractivity contribution is 5.89. The van der Waals surface area contributed by atoms with Gasteiger partial charge in [-0.3, -0.25) is 0 Å². The molecule has 0 atom stereocenters. The number of hydrogen-bond donors (Lipinski definition) is 3. The molecule has 16 heavy (non-hydrogen) atoms. The molecule has 0 heterocycles. The van der Waals surface area contributed by atoms with Crippen molar-refractivity contribution in [3.63, 3.8) is 0 Å². The molecule has 0 bridgehead atoms. The van der Waals surface area contributed by atoms with E-state index in [1.54, 1.807) is 13.0 Å². The molecule has 88 valence electrons. The summed E-state index contributed by atoms with van der Waals surface area (Å²) in [7, 11) is 0. The minimum atomic E-state index is -0.476. The fourth-order valence-corrected chi connectivity index (χ4v) is 1.17. The van der Waals surface area contributed by atoms with Gasteiger partial charge >= 0.3 is 6.03 Å². The number of aliphatic hydroxyl groups is 1. The summed E-state index contributed by atoms with van der Waals surface area (Å²) in [6.45, 7) is 2.14. The molecule has 1 aromatic rings. The number of hydrogen-bond acceptors (Lipinski definition) is 2. The fourth-order valence-electron chi connectivity index (χ4n) is 1.17.